The smallest absolute Gasteiger partial charge is 0.228 e. The molecule has 4 rings (SSSR count). The molecule has 0 saturated heterocycles. The number of hydrogen-bond donors (Lipinski definition) is 2. The van der Waals surface area contributed by atoms with Gasteiger partial charge in [-0.25, -0.2) is 0 Å². The van der Waals surface area contributed by atoms with Crippen molar-refractivity contribution in [3.8, 4) is 11.3 Å². The Bertz CT molecular complexity index is 625. The van der Waals surface area contributed by atoms with E-state index in [1.807, 2.05) is 30.3 Å². The summed E-state index contributed by atoms with van der Waals surface area (Å²) in [5, 5.41) is 9.95. The van der Waals surface area contributed by atoms with Crippen molar-refractivity contribution in [3.05, 3.63) is 36.5 Å². The highest BCUT2D eigenvalue weighted by Crippen LogP contribution is 2.57. The Morgan fingerprint density at radius 3 is 2.85 bits per heavy atom. The zero-order chi connectivity index (χ0) is 13.5. The minimum absolute atomic E-state index is 0.196. The second kappa shape index (κ2) is 4.47. The van der Waals surface area contributed by atoms with E-state index in [-0.39, 0.29) is 11.8 Å². The molecule has 20 heavy (non-hydrogen) atoms. The summed E-state index contributed by atoms with van der Waals surface area (Å²) in [7, 11) is 0. The third kappa shape index (κ3) is 1.92. The lowest BCUT2D eigenvalue weighted by atomic mass is 10.1. The molecule has 2 fully saturated rings. The van der Waals surface area contributed by atoms with Crippen molar-refractivity contribution >= 4 is 11.6 Å². The van der Waals surface area contributed by atoms with Gasteiger partial charge in [0, 0.05) is 23.4 Å². The number of carbonyl (C=O) groups is 1. The van der Waals surface area contributed by atoms with Gasteiger partial charge in [-0.3, -0.25) is 9.89 Å². The van der Waals surface area contributed by atoms with Gasteiger partial charge in [0.05, 0.1) is 5.69 Å². The number of aromatic amines is 1. The fourth-order valence-corrected chi connectivity index (χ4v) is 3.62. The zero-order valence-corrected chi connectivity index (χ0v) is 11.2. The number of anilines is 1. The molecular formula is C16H17N3O. The number of benzene rings is 1. The van der Waals surface area contributed by atoms with Crippen LogP contribution in [0.15, 0.2) is 36.5 Å². The van der Waals surface area contributed by atoms with Crippen molar-refractivity contribution in [2.75, 3.05) is 5.32 Å². The number of hydrogen-bond acceptors (Lipinski definition) is 2. The molecule has 2 saturated carbocycles. The Balaban J connectivity index is 1.49. The third-order valence-corrected chi connectivity index (χ3v) is 4.65. The monoisotopic (exact) mass is 267 g/mol. The normalized spacial score (nSPS) is 27.1. The van der Waals surface area contributed by atoms with Gasteiger partial charge in [-0.2, -0.15) is 5.10 Å². The molecule has 2 N–H and O–H groups in total. The summed E-state index contributed by atoms with van der Waals surface area (Å²) >= 11 is 0. The van der Waals surface area contributed by atoms with Gasteiger partial charge in [-0.15, -0.1) is 0 Å². The molecular weight excluding hydrogens is 250 g/mol. The van der Waals surface area contributed by atoms with Gasteiger partial charge in [0.1, 0.15) is 0 Å². The molecule has 4 nitrogen and oxygen atoms in total. The summed E-state index contributed by atoms with van der Waals surface area (Å²) in [6, 6.07) is 9.82. The highest BCUT2D eigenvalue weighted by atomic mass is 16.2. The maximum Gasteiger partial charge on any atom is 0.228 e. The molecule has 1 aromatic heterocycles. The molecule has 2 aliphatic rings. The Hall–Kier alpha value is -2.10. The van der Waals surface area contributed by atoms with E-state index in [2.05, 4.69) is 15.5 Å². The zero-order valence-electron chi connectivity index (χ0n) is 11.2. The first kappa shape index (κ1) is 11.7. The number of aromatic nitrogens is 2. The second-order valence-electron chi connectivity index (χ2n) is 5.82. The lowest BCUT2D eigenvalue weighted by Crippen LogP contribution is -2.16. The van der Waals surface area contributed by atoms with Gasteiger partial charge >= 0.3 is 0 Å². The first-order valence-corrected chi connectivity index (χ1v) is 7.23. The number of nitrogens with one attached hydrogen (secondary N) is 2. The van der Waals surface area contributed by atoms with Crippen LogP contribution in [-0.4, -0.2) is 16.1 Å². The largest absolute Gasteiger partial charge is 0.326 e. The van der Waals surface area contributed by atoms with E-state index < -0.39 is 0 Å². The van der Waals surface area contributed by atoms with Crippen molar-refractivity contribution in [1.82, 2.24) is 10.2 Å². The van der Waals surface area contributed by atoms with Crippen LogP contribution in [-0.2, 0) is 4.79 Å². The molecule has 2 unspecified atom stereocenters. The van der Waals surface area contributed by atoms with Gasteiger partial charge < -0.3 is 5.32 Å². The summed E-state index contributed by atoms with van der Waals surface area (Å²) in [4.78, 5) is 12.3. The highest BCUT2D eigenvalue weighted by molar-refractivity contribution is 5.95. The fourth-order valence-electron chi connectivity index (χ4n) is 3.62. The highest BCUT2D eigenvalue weighted by Gasteiger charge is 2.56. The molecule has 2 aliphatic carbocycles. The second-order valence-corrected chi connectivity index (χ2v) is 5.82. The van der Waals surface area contributed by atoms with Crippen LogP contribution in [0.3, 0.4) is 0 Å². The molecule has 1 aromatic carbocycles. The van der Waals surface area contributed by atoms with Crippen LogP contribution in [0.1, 0.15) is 19.3 Å². The van der Waals surface area contributed by atoms with Crippen LogP contribution in [0, 0.1) is 17.8 Å². The van der Waals surface area contributed by atoms with E-state index in [0.29, 0.717) is 11.8 Å². The predicted octanol–water partition coefficient (Wildman–Crippen LogP) is 3.06. The number of H-pyrrole nitrogens is 1. The molecule has 0 spiro atoms. The quantitative estimate of drug-likeness (QED) is 0.898. The van der Waals surface area contributed by atoms with E-state index >= 15 is 0 Å². The number of amides is 1. The minimum atomic E-state index is 0.196. The van der Waals surface area contributed by atoms with Crippen LogP contribution in [0.5, 0.6) is 0 Å². The van der Waals surface area contributed by atoms with Crippen LogP contribution >= 0.6 is 0 Å². The molecule has 0 aliphatic heterocycles. The fraction of sp³-hybridized carbons (Fsp3) is 0.375. The van der Waals surface area contributed by atoms with Gasteiger partial charge in [-0.05, 0) is 42.9 Å². The Kier molecular flexibility index (Phi) is 2.62. The minimum Gasteiger partial charge on any atom is -0.326 e. The molecule has 102 valence electrons. The molecule has 0 radical (unpaired) electrons. The van der Waals surface area contributed by atoms with Crippen LogP contribution in [0.2, 0.25) is 0 Å². The summed E-state index contributed by atoms with van der Waals surface area (Å²) in [5.74, 6) is 1.78. The molecule has 1 amide bonds. The molecule has 2 atom stereocenters. The Labute approximate surface area is 117 Å². The van der Waals surface area contributed by atoms with Crippen molar-refractivity contribution in [1.29, 1.82) is 0 Å². The van der Waals surface area contributed by atoms with Gasteiger partial charge in [-0.1, -0.05) is 18.6 Å². The van der Waals surface area contributed by atoms with Crippen molar-refractivity contribution < 1.29 is 4.79 Å². The number of fused-ring (bicyclic) bond motifs is 1. The molecule has 0 bridgehead atoms. The van der Waals surface area contributed by atoms with Gasteiger partial charge in [0.25, 0.3) is 0 Å². The number of nitrogens with zero attached hydrogens (tertiary/aromatic N) is 1. The van der Waals surface area contributed by atoms with Gasteiger partial charge in [0.15, 0.2) is 0 Å². The molecule has 2 aromatic rings. The van der Waals surface area contributed by atoms with Crippen molar-refractivity contribution in [2.24, 2.45) is 17.8 Å². The van der Waals surface area contributed by atoms with E-state index in [4.69, 9.17) is 0 Å². The summed E-state index contributed by atoms with van der Waals surface area (Å²) in [6.07, 6.45) is 5.49. The third-order valence-electron chi connectivity index (χ3n) is 4.65. The topological polar surface area (TPSA) is 57.8 Å². The standard InChI is InChI=1S/C16H17N3O/c20-16(15-12-5-2-6-13(12)15)18-11-4-1-3-10(9-11)14-7-8-17-19-14/h1,3-4,7-9,12-13,15H,2,5-6H2,(H,17,19)(H,18,20). The van der Waals surface area contributed by atoms with E-state index in [1.54, 1.807) is 6.20 Å². The number of carbonyl (C=O) groups excluding carboxylic acids is 1. The maximum atomic E-state index is 12.3. The average molecular weight is 267 g/mol. The van der Waals surface area contributed by atoms with Crippen LogP contribution < -0.4 is 5.32 Å². The average Bonchev–Trinajstić information content (AvgIpc) is 2.91. The van der Waals surface area contributed by atoms with Crippen molar-refractivity contribution in [3.63, 3.8) is 0 Å². The number of rotatable bonds is 3. The molecule has 1 heterocycles. The van der Waals surface area contributed by atoms with Crippen LogP contribution in [0.25, 0.3) is 11.3 Å². The predicted molar refractivity (Wildman–Crippen MR) is 77.0 cm³/mol. The Morgan fingerprint density at radius 1 is 1.25 bits per heavy atom. The van der Waals surface area contributed by atoms with Gasteiger partial charge in [0.2, 0.25) is 5.91 Å². The van der Waals surface area contributed by atoms with E-state index in [9.17, 15) is 4.79 Å². The van der Waals surface area contributed by atoms with Crippen molar-refractivity contribution in [2.45, 2.75) is 19.3 Å². The lowest BCUT2D eigenvalue weighted by molar-refractivity contribution is -0.118. The van der Waals surface area contributed by atoms with E-state index in [0.717, 1.165) is 16.9 Å². The Morgan fingerprint density at radius 2 is 2.10 bits per heavy atom. The maximum absolute atomic E-state index is 12.3. The summed E-state index contributed by atoms with van der Waals surface area (Å²) in [6.45, 7) is 0. The summed E-state index contributed by atoms with van der Waals surface area (Å²) < 4.78 is 0. The first-order valence-electron chi connectivity index (χ1n) is 7.23. The first-order chi connectivity index (χ1) is 9.83. The SMILES string of the molecule is O=C(Nc1cccc(-c2ccn[nH]2)c1)C1C2CCCC21. The molecule has 4 heteroatoms. The van der Waals surface area contributed by atoms with E-state index in [1.165, 1.54) is 19.3 Å². The van der Waals surface area contributed by atoms with Crippen LogP contribution in [0.4, 0.5) is 5.69 Å². The lowest BCUT2D eigenvalue weighted by Gasteiger charge is -2.08. The summed E-state index contributed by atoms with van der Waals surface area (Å²) in [5.41, 5.74) is 2.87.